The Morgan fingerprint density at radius 2 is 2.00 bits per heavy atom. The van der Waals surface area contributed by atoms with E-state index in [1.54, 1.807) is 0 Å². The van der Waals surface area contributed by atoms with Gasteiger partial charge in [-0.3, -0.25) is 0 Å². The van der Waals surface area contributed by atoms with Crippen molar-refractivity contribution in [1.29, 1.82) is 0 Å². The number of nitrogens with one attached hydrogen (secondary N) is 1. The first-order chi connectivity index (χ1) is 10.00. The average Bonchev–Trinajstić information content (AvgIpc) is 2.46. The van der Waals surface area contributed by atoms with Gasteiger partial charge in [0.1, 0.15) is 0 Å². The van der Waals surface area contributed by atoms with Crippen molar-refractivity contribution in [2.45, 2.75) is 20.3 Å². The van der Waals surface area contributed by atoms with Gasteiger partial charge in [-0.1, -0.05) is 13.8 Å². The van der Waals surface area contributed by atoms with Gasteiger partial charge in [-0.2, -0.15) is 15.0 Å². The first-order valence-corrected chi connectivity index (χ1v) is 7.19. The van der Waals surface area contributed by atoms with Crippen LogP contribution in [0, 0.1) is 5.41 Å². The van der Waals surface area contributed by atoms with E-state index in [1.807, 2.05) is 4.90 Å². The van der Waals surface area contributed by atoms with Crippen LogP contribution in [0.15, 0.2) is 0 Å². The van der Waals surface area contributed by atoms with Crippen LogP contribution in [0.25, 0.3) is 0 Å². The van der Waals surface area contributed by atoms with E-state index >= 15 is 0 Å². The van der Waals surface area contributed by atoms with Gasteiger partial charge in [-0.05, 0) is 11.8 Å². The summed E-state index contributed by atoms with van der Waals surface area (Å²) in [5.41, 5.74) is 5.72. The van der Waals surface area contributed by atoms with Crippen molar-refractivity contribution >= 4 is 17.8 Å². The third-order valence-corrected chi connectivity index (χ3v) is 3.45. The number of ether oxygens (including phenoxy) is 1. The first-order valence-electron chi connectivity index (χ1n) is 7.19. The number of hydrogen-bond acceptors (Lipinski definition) is 8. The van der Waals surface area contributed by atoms with Crippen LogP contribution < -0.4 is 16.0 Å². The number of anilines is 3. The molecule has 8 nitrogen and oxygen atoms in total. The van der Waals surface area contributed by atoms with Crippen molar-refractivity contribution in [3.8, 4) is 0 Å². The lowest BCUT2D eigenvalue weighted by molar-refractivity contribution is 0.122. The minimum Gasteiger partial charge on any atom is -0.396 e. The Labute approximate surface area is 124 Å². The zero-order chi connectivity index (χ0) is 15.3. The monoisotopic (exact) mass is 296 g/mol. The Bertz CT molecular complexity index is 462. The SMILES string of the molecule is CC(C)(CCO)CNc1nc(N)nc(N2CCOCC2)n1. The third-order valence-electron chi connectivity index (χ3n) is 3.45. The summed E-state index contributed by atoms with van der Waals surface area (Å²) in [6, 6.07) is 0. The van der Waals surface area contributed by atoms with Gasteiger partial charge in [0.25, 0.3) is 0 Å². The molecule has 0 unspecified atom stereocenters. The molecule has 0 saturated carbocycles. The molecule has 1 aromatic rings. The number of rotatable bonds is 6. The largest absolute Gasteiger partial charge is 0.396 e. The summed E-state index contributed by atoms with van der Waals surface area (Å²) < 4.78 is 5.32. The highest BCUT2D eigenvalue weighted by Gasteiger charge is 2.19. The van der Waals surface area contributed by atoms with E-state index in [0.29, 0.717) is 38.1 Å². The smallest absolute Gasteiger partial charge is 0.232 e. The fraction of sp³-hybridized carbons (Fsp3) is 0.769. The van der Waals surface area contributed by atoms with Crippen LogP contribution >= 0.6 is 0 Å². The molecule has 4 N–H and O–H groups in total. The predicted molar refractivity (Wildman–Crippen MR) is 81.2 cm³/mol. The molecule has 0 atom stereocenters. The van der Waals surface area contributed by atoms with Gasteiger partial charge >= 0.3 is 0 Å². The molecule has 0 aliphatic carbocycles. The van der Waals surface area contributed by atoms with Crippen LogP contribution in [0.1, 0.15) is 20.3 Å². The number of nitrogens with zero attached hydrogens (tertiary/aromatic N) is 4. The van der Waals surface area contributed by atoms with E-state index in [9.17, 15) is 0 Å². The molecular weight excluding hydrogens is 272 g/mol. The number of nitrogen functional groups attached to an aromatic ring is 1. The van der Waals surface area contributed by atoms with Crippen LogP contribution in [-0.2, 0) is 4.74 Å². The minimum atomic E-state index is -0.0464. The normalized spacial score (nSPS) is 16.0. The molecule has 1 aliphatic rings. The van der Waals surface area contributed by atoms with Crippen molar-refractivity contribution < 1.29 is 9.84 Å². The summed E-state index contributed by atoms with van der Waals surface area (Å²) in [4.78, 5) is 14.7. The fourth-order valence-corrected chi connectivity index (χ4v) is 2.07. The van der Waals surface area contributed by atoms with Crippen LogP contribution in [-0.4, -0.2) is 59.5 Å². The molecule has 1 fully saturated rings. The highest BCUT2D eigenvalue weighted by Crippen LogP contribution is 2.20. The van der Waals surface area contributed by atoms with Gasteiger partial charge < -0.3 is 25.8 Å². The van der Waals surface area contributed by atoms with Gasteiger partial charge in [-0.25, -0.2) is 0 Å². The lowest BCUT2D eigenvalue weighted by Gasteiger charge is -2.27. The topological polar surface area (TPSA) is 109 Å². The second-order valence-electron chi connectivity index (χ2n) is 5.91. The Morgan fingerprint density at radius 1 is 1.29 bits per heavy atom. The maximum atomic E-state index is 9.05. The molecule has 0 amide bonds. The quantitative estimate of drug-likeness (QED) is 0.678. The van der Waals surface area contributed by atoms with Crippen LogP contribution in [0.4, 0.5) is 17.8 Å². The van der Waals surface area contributed by atoms with Crippen molar-refractivity contribution in [2.75, 3.05) is 55.4 Å². The molecule has 0 aromatic carbocycles. The second-order valence-corrected chi connectivity index (χ2v) is 5.91. The van der Waals surface area contributed by atoms with Crippen LogP contribution in [0.5, 0.6) is 0 Å². The molecule has 1 aromatic heterocycles. The highest BCUT2D eigenvalue weighted by atomic mass is 16.5. The van der Waals surface area contributed by atoms with Crippen molar-refractivity contribution in [1.82, 2.24) is 15.0 Å². The standard InChI is InChI=1S/C13H24N6O2/c1-13(2,3-6-20)9-15-11-16-10(14)17-12(18-11)19-4-7-21-8-5-19/h20H,3-9H2,1-2H3,(H3,14,15,16,17,18). The number of hydrogen-bond donors (Lipinski definition) is 3. The zero-order valence-electron chi connectivity index (χ0n) is 12.7. The Morgan fingerprint density at radius 3 is 2.67 bits per heavy atom. The lowest BCUT2D eigenvalue weighted by atomic mass is 9.90. The summed E-state index contributed by atoms with van der Waals surface area (Å²) in [5.74, 6) is 1.25. The molecule has 21 heavy (non-hydrogen) atoms. The number of morpholine rings is 1. The Balaban J connectivity index is 2.04. The van der Waals surface area contributed by atoms with Gasteiger partial charge in [0.05, 0.1) is 13.2 Å². The number of nitrogens with two attached hydrogens (primary N) is 1. The summed E-state index contributed by atoms with van der Waals surface area (Å²) in [6.45, 7) is 7.79. The molecule has 0 bridgehead atoms. The summed E-state index contributed by atoms with van der Waals surface area (Å²) in [5, 5.41) is 12.2. The van der Waals surface area contributed by atoms with E-state index in [0.717, 1.165) is 13.1 Å². The van der Waals surface area contributed by atoms with Crippen molar-refractivity contribution in [2.24, 2.45) is 5.41 Å². The van der Waals surface area contributed by atoms with Crippen LogP contribution in [0.3, 0.4) is 0 Å². The van der Waals surface area contributed by atoms with Gasteiger partial charge in [0.2, 0.25) is 17.8 Å². The second kappa shape index (κ2) is 6.86. The van der Waals surface area contributed by atoms with Crippen molar-refractivity contribution in [3.63, 3.8) is 0 Å². The van der Waals surface area contributed by atoms with Gasteiger partial charge in [0.15, 0.2) is 0 Å². The van der Waals surface area contributed by atoms with E-state index in [1.165, 1.54) is 0 Å². The fourth-order valence-electron chi connectivity index (χ4n) is 2.07. The summed E-state index contributed by atoms with van der Waals surface area (Å²) in [7, 11) is 0. The third kappa shape index (κ3) is 4.68. The summed E-state index contributed by atoms with van der Waals surface area (Å²) >= 11 is 0. The predicted octanol–water partition coefficient (Wildman–Crippen LogP) is 0.111. The van der Waals surface area contributed by atoms with E-state index < -0.39 is 0 Å². The van der Waals surface area contributed by atoms with E-state index in [2.05, 4.69) is 34.1 Å². The highest BCUT2D eigenvalue weighted by molar-refractivity contribution is 5.42. The van der Waals surface area contributed by atoms with Gasteiger partial charge in [-0.15, -0.1) is 0 Å². The molecule has 1 aliphatic heterocycles. The molecule has 118 valence electrons. The van der Waals surface area contributed by atoms with E-state index in [4.69, 9.17) is 15.6 Å². The molecule has 8 heteroatoms. The summed E-state index contributed by atoms with van der Waals surface area (Å²) in [6.07, 6.45) is 0.705. The maximum Gasteiger partial charge on any atom is 0.232 e. The van der Waals surface area contributed by atoms with Gasteiger partial charge in [0, 0.05) is 26.2 Å². The Hall–Kier alpha value is -1.67. The van der Waals surface area contributed by atoms with E-state index in [-0.39, 0.29) is 18.0 Å². The molecule has 0 spiro atoms. The number of aliphatic hydroxyl groups is 1. The number of aromatic nitrogens is 3. The Kier molecular flexibility index (Phi) is 5.13. The minimum absolute atomic E-state index is 0.0464. The average molecular weight is 296 g/mol. The van der Waals surface area contributed by atoms with Crippen molar-refractivity contribution in [3.05, 3.63) is 0 Å². The molecule has 2 rings (SSSR count). The van der Waals surface area contributed by atoms with Crippen LogP contribution in [0.2, 0.25) is 0 Å². The zero-order valence-corrected chi connectivity index (χ0v) is 12.7. The molecular formula is C13H24N6O2. The maximum absolute atomic E-state index is 9.05. The first kappa shape index (κ1) is 15.7. The number of aliphatic hydroxyl groups excluding tert-OH is 1. The lowest BCUT2D eigenvalue weighted by Crippen LogP contribution is -2.37. The molecule has 1 saturated heterocycles. The molecule has 2 heterocycles. The molecule has 0 radical (unpaired) electrons.